The first-order chi connectivity index (χ1) is 20.5. The van der Waals surface area contributed by atoms with Crippen molar-refractivity contribution >= 4 is 45.5 Å². The van der Waals surface area contributed by atoms with Crippen LogP contribution in [-0.2, 0) is 16.1 Å². The number of aliphatic imine (C=N–C) groups is 1. The predicted molar refractivity (Wildman–Crippen MR) is 166 cm³/mol. The minimum Gasteiger partial charge on any atom is -0.506 e. The zero-order valence-electron chi connectivity index (χ0n) is 23.2. The summed E-state index contributed by atoms with van der Waals surface area (Å²) in [4.78, 5) is 30.0. The van der Waals surface area contributed by atoms with Gasteiger partial charge in [-0.25, -0.2) is 9.79 Å². The van der Waals surface area contributed by atoms with E-state index in [1.807, 2.05) is 43.3 Å². The molecule has 0 aromatic heterocycles. The van der Waals surface area contributed by atoms with Gasteiger partial charge >= 0.3 is 5.97 Å². The number of aliphatic hydroxyl groups excluding tert-OH is 1. The van der Waals surface area contributed by atoms with Gasteiger partial charge in [-0.3, -0.25) is 4.79 Å². The molecule has 1 N–H and O–H groups in total. The molecule has 0 aliphatic carbocycles. The predicted octanol–water partition coefficient (Wildman–Crippen LogP) is 7.52. The van der Waals surface area contributed by atoms with Gasteiger partial charge in [0, 0.05) is 5.56 Å². The van der Waals surface area contributed by atoms with Crippen molar-refractivity contribution in [2.75, 3.05) is 13.2 Å². The number of carbonyl (C=O) groups is 2. The van der Waals surface area contributed by atoms with Gasteiger partial charge in [-0.05, 0) is 66.1 Å². The van der Waals surface area contributed by atoms with E-state index >= 15 is 0 Å². The number of amides is 1. The number of ether oxygens (including phenoxy) is 3. The molecule has 1 aliphatic rings. The molecule has 0 radical (unpaired) electrons. The zero-order valence-corrected chi connectivity index (χ0v) is 24.0. The number of fused-ring (bicyclic) bond motifs is 1. The van der Waals surface area contributed by atoms with Gasteiger partial charge in [0.15, 0.2) is 11.5 Å². The van der Waals surface area contributed by atoms with Gasteiger partial charge in [-0.2, -0.15) is 0 Å². The lowest BCUT2D eigenvalue weighted by molar-refractivity contribution is -0.138. The van der Waals surface area contributed by atoms with E-state index in [9.17, 15) is 14.7 Å². The average molecular weight is 580 g/mol. The van der Waals surface area contributed by atoms with E-state index in [-0.39, 0.29) is 23.0 Å². The number of hydrogen-bond donors (Lipinski definition) is 1. The van der Waals surface area contributed by atoms with E-state index in [0.29, 0.717) is 40.7 Å². The van der Waals surface area contributed by atoms with Crippen LogP contribution in [0.4, 0.5) is 0 Å². The minimum atomic E-state index is -0.752. The van der Waals surface area contributed by atoms with Gasteiger partial charge in [0.25, 0.3) is 5.91 Å². The first-order valence-electron chi connectivity index (χ1n) is 13.5. The van der Waals surface area contributed by atoms with Crippen LogP contribution in [0.2, 0.25) is 0 Å². The van der Waals surface area contributed by atoms with E-state index in [1.54, 1.807) is 49.4 Å². The molecule has 1 aliphatic heterocycles. The SMILES string of the molecule is CCOC(=O)C1=C(O)/C(=C/c2ccc(OCc3cccc4ccccc34)c(OCC)c2)SC1=NC(=O)c1ccccc1. The van der Waals surface area contributed by atoms with E-state index in [1.165, 1.54) is 0 Å². The first kappa shape index (κ1) is 28.7. The number of aliphatic hydroxyl groups is 1. The number of carbonyl (C=O) groups excluding carboxylic acids is 2. The third-order valence-corrected chi connectivity index (χ3v) is 7.44. The largest absolute Gasteiger partial charge is 0.506 e. The van der Waals surface area contributed by atoms with Crippen LogP contribution in [0.1, 0.15) is 35.3 Å². The van der Waals surface area contributed by atoms with E-state index in [0.717, 1.165) is 28.1 Å². The molecule has 42 heavy (non-hydrogen) atoms. The second-order valence-corrected chi connectivity index (χ2v) is 10.2. The van der Waals surface area contributed by atoms with Gasteiger partial charge in [0.1, 0.15) is 23.0 Å². The summed E-state index contributed by atoms with van der Waals surface area (Å²) >= 11 is 1.02. The Morgan fingerprint density at radius 2 is 1.62 bits per heavy atom. The maximum absolute atomic E-state index is 12.8. The van der Waals surface area contributed by atoms with Crippen LogP contribution in [-0.4, -0.2) is 35.2 Å². The Labute approximate surface area is 248 Å². The van der Waals surface area contributed by atoms with Gasteiger partial charge in [-0.1, -0.05) is 78.5 Å². The lowest BCUT2D eigenvalue weighted by Crippen LogP contribution is -2.14. The summed E-state index contributed by atoms with van der Waals surface area (Å²) < 4.78 is 17.2. The summed E-state index contributed by atoms with van der Waals surface area (Å²) in [6.45, 7) is 4.45. The molecule has 0 bridgehead atoms. The Morgan fingerprint density at radius 1 is 0.857 bits per heavy atom. The summed E-state index contributed by atoms with van der Waals surface area (Å²) in [6.07, 6.45) is 1.70. The number of thioether (sulfide) groups is 1. The van der Waals surface area contributed by atoms with Crippen molar-refractivity contribution < 1.29 is 28.9 Å². The fourth-order valence-electron chi connectivity index (χ4n) is 4.46. The first-order valence-corrected chi connectivity index (χ1v) is 14.3. The monoisotopic (exact) mass is 579 g/mol. The van der Waals surface area contributed by atoms with E-state index < -0.39 is 11.9 Å². The summed E-state index contributed by atoms with van der Waals surface area (Å²) in [7, 11) is 0. The molecular formula is C34H29NO6S. The molecule has 1 amide bonds. The molecule has 5 rings (SSSR count). The normalized spacial score (nSPS) is 14.9. The lowest BCUT2D eigenvalue weighted by Gasteiger charge is -2.14. The topological polar surface area (TPSA) is 94.4 Å². The second kappa shape index (κ2) is 13.2. The third kappa shape index (κ3) is 6.39. The summed E-state index contributed by atoms with van der Waals surface area (Å²) in [5, 5.41) is 13.4. The lowest BCUT2D eigenvalue weighted by atomic mass is 10.1. The fourth-order valence-corrected chi connectivity index (χ4v) is 5.47. The maximum atomic E-state index is 12.8. The van der Waals surface area contributed by atoms with Crippen molar-refractivity contribution in [3.8, 4) is 11.5 Å². The maximum Gasteiger partial charge on any atom is 0.344 e. The molecule has 4 aromatic rings. The van der Waals surface area contributed by atoms with Gasteiger partial charge in [-0.15, -0.1) is 0 Å². The summed E-state index contributed by atoms with van der Waals surface area (Å²) in [5.74, 6) is -0.462. The molecule has 8 heteroatoms. The number of rotatable bonds is 9. The molecule has 0 saturated heterocycles. The van der Waals surface area contributed by atoms with Crippen LogP contribution in [0.15, 0.2) is 112 Å². The van der Waals surface area contributed by atoms with Crippen molar-refractivity contribution in [1.82, 2.24) is 0 Å². The van der Waals surface area contributed by atoms with Crippen molar-refractivity contribution in [1.29, 1.82) is 0 Å². The van der Waals surface area contributed by atoms with Gasteiger partial charge < -0.3 is 19.3 Å². The van der Waals surface area contributed by atoms with Crippen LogP contribution in [0, 0.1) is 0 Å². The highest BCUT2D eigenvalue weighted by molar-refractivity contribution is 8.18. The number of hydrogen-bond acceptors (Lipinski definition) is 7. The fraction of sp³-hybridized carbons (Fsp3) is 0.147. The highest BCUT2D eigenvalue weighted by atomic mass is 32.2. The van der Waals surface area contributed by atoms with Crippen LogP contribution in [0.5, 0.6) is 11.5 Å². The van der Waals surface area contributed by atoms with Crippen molar-refractivity contribution in [2.45, 2.75) is 20.5 Å². The Kier molecular flexibility index (Phi) is 9.04. The number of nitrogens with zero attached hydrogens (tertiary/aromatic N) is 1. The highest BCUT2D eigenvalue weighted by Crippen LogP contribution is 2.40. The van der Waals surface area contributed by atoms with Crippen molar-refractivity contribution in [3.63, 3.8) is 0 Å². The molecular weight excluding hydrogens is 550 g/mol. The molecule has 0 saturated carbocycles. The van der Waals surface area contributed by atoms with Crippen LogP contribution in [0.3, 0.4) is 0 Å². The molecule has 4 aromatic carbocycles. The molecule has 1 heterocycles. The Bertz CT molecular complexity index is 1720. The Morgan fingerprint density at radius 3 is 2.40 bits per heavy atom. The zero-order chi connectivity index (χ0) is 29.5. The van der Waals surface area contributed by atoms with E-state index in [4.69, 9.17) is 14.2 Å². The molecule has 0 fully saturated rings. The Balaban J connectivity index is 1.43. The molecule has 0 spiro atoms. The minimum absolute atomic E-state index is 0.0751. The van der Waals surface area contributed by atoms with Crippen molar-refractivity contribution in [2.24, 2.45) is 4.99 Å². The van der Waals surface area contributed by atoms with Crippen LogP contribution >= 0.6 is 11.8 Å². The average Bonchev–Trinajstić information content (AvgIpc) is 3.31. The second-order valence-electron chi connectivity index (χ2n) is 9.21. The summed E-state index contributed by atoms with van der Waals surface area (Å²) in [5.41, 5.74) is 1.98. The Hall–Kier alpha value is -4.82. The van der Waals surface area contributed by atoms with Gasteiger partial charge in [0.2, 0.25) is 0 Å². The quantitative estimate of drug-likeness (QED) is 0.205. The van der Waals surface area contributed by atoms with Gasteiger partial charge in [0.05, 0.1) is 18.1 Å². The molecule has 0 unspecified atom stereocenters. The highest BCUT2D eigenvalue weighted by Gasteiger charge is 2.34. The van der Waals surface area contributed by atoms with Crippen LogP contribution in [0.25, 0.3) is 16.8 Å². The molecule has 0 atom stereocenters. The van der Waals surface area contributed by atoms with Crippen LogP contribution < -0.4 is 9.47 Å². The molecule has 7 nitrogen and oxygen atoms in total. The third-order valence-electron chi connectivity index (χ3n) is 6.42. The van der Waals surface area contributed by atoms with E-state index in [2.05, 4.69) is 23.2 Å². The number of benzene rings is 4. The van der Waals surface area contributed by atoms with Crippen molar-refractivity contribution in [3.05, 3.63) is 124 Å². The summed E-state index contributed by atoms with van der Waals surface area (Å²) in [6, 6.07) is 28.2. The number of esters is 1. The molecule has 212 valence electrons. The smallest absolute Gasteiger partial charge is 0.344 e. The standard InChI is InChI=1S/C34H29NO6S/c1-3-39-28-19-22(17-18-27(28)41-21-25-15-10-14-23-11-8-9-16-26(23)25)20-29-31(36)30(34(38)40-4-2)33(42-29)35-32(37)24-12-6-5-7-13-24/h5-20,36H,3-4,21H2,1-2H3/b29-20-,35-33?.